The first-order valence-electron chi connectivity index (χ1n) is 12.1. The molecule has 0 bridgehead atoms. The van der Waals surface area contributed by atoms with Gasteiger partial charge >= 0.3 is 11.4 Å². The lowest BCUT2D eigenvalue weighted by atomic mass is 9.97. The molecule has 1 aliphatic heterocycles. The van der Waals surface area contributed by atoms with Crippen molar-refractivity contribution in [1.82, 2.24) is 14.6 Å². The van der Waals surface area contributed by atoms with Gasteiger partial charge in [0.2, 0.25) is 0 Å². The molecule has 2 heterocycles. The van der Waals surface area contributed by atoms with Crippen molar-refractivity contribution >= 4 is 5.91 Å². The fourth-order valence-corrected chi connectivity index (χ4v) is 4.34. The summed E-state index contributed by atoms with van der Waals surface area (Å²) in [5.74, 6) is -0.0604. The summed E-state index contributed by atoms with van der Waals surface area (Å²) in [5.41, 5.74) is 5.06. The number of ether oxygens (including phenoxy) is 2. The van der Waals surface area contributed by atoms with Crippen molar-refractivity contribution in [2.75, 3.05) is 26.3 Å². The summed E-state index contributed by atoms with van der Waals surface area (Å²) in [4.78, 5) is 39.4. The van der Waals surface area contributed by atoms with Crippen molar-refractivity contribution in [3.63, 3.8) is 0 Å². The zero-order valence-electron chi connectivity index (χ0n) is 20.4. The van der Waals surface area contributed by atoms with Crippen LogP contribution < -0.4 is 16.2 Å². The minimum atomic E-state index is -0.778. The molecule has 1 aliphatic rings. The minimum absolute atomic E-state index is 0.0378. The average molecular weight is 502 g/mol. The molecule has 9 nitrogen and oxygen atoms in total. The van der Waals surface area contributed by atoms with Crippen LogP contribution in [0, 0.1) is 6.92 Å². The number of amides is 1. The molecule has 0 spiro atoms. The van der Waals surface area contributed by atoms with Crippen molar-refractivity contribution in [2.24, 2.45) is 0 Å². The van der Waals surface area contributed by atoms with Gasteiger partial charge in [-0.1, -0.05) is 36.4 Å². The molecule has 0 unspecified atom stereocenters. The molecule has 37 heavy (non-hydrogen) atoms. The lowest BCUT2D eigenvalue weighted by Gasteiger charge is -2.27. The summed E-state index contributed by atoms with van der Waals surface area (Å²) in [5, 5.41) is 0. The Labute approximate surface area is 212 Å². The van der Waals surface area contributed by atoms with Crippen LogP contribution in [0.4, 0.5) is 0 Å². The summed E-state index contributed by atoms with van der Waals surface area (Å²) in [7, 11) is 0. The highest BCUT2D eigenvalue weighted by molar-refractivity contribution is 5.95. The number of benzene rings is 3. The van der Waals surface area contributed by atoms with E-state index in [0.717, 1.165) is 32.6 Å². The van der Waals surface area contributed by atoms with E-state index < -0.39 is 11.4 Å². The second-order valence-electron chi connectivity index (χ2n) is 8.91. The smallest absolute Gasteiger partial charge is 0.440 e. The molecule has 3 aromatic carbocycles. The second-order valence-corrected chi connectivity index (χ2v) is 8.91. The maximum absolute atomic E-state index is 12.8. The third-order valence-corrected chi connectivity index (χ3v) is 6.29. The van der Waals surface area contributed by atoms with Gasteiger partial charge in [0.05, 0.1) is 19.8 Å². The zero-order valence-corrected chi connectivity index (χ0v) is 20.4. The van der Waals surface area contributed by atoms with E-state index in [-0.39, 0.29) is 12.5 Å². The number of aromatic nitrogens is 2. The van der Waals surface area contributed by atoms with Crippen molar-refractivity contribution < 1.29 is 18.8 Å². The normalized spacial score (nSPS) is 13.5. The first kappa shape index (κ1) is 24.3. The maximum Gasteiger partial charge on any atom is 0.440 e. The molecule has 9 heteroatoms. The van der Waals surface area contributed by atoms with Crippen molar-refractivity contribution in [3.05, 3.63) is 110 Å². The Morgan fingerprint density at radius 3 is 2.46 bits per heavy atom. The summed E-state index contributed by atoms with van der Waals surface area (Å²) >= 11 is 0. The molecule has 0 radical (unpaired) electrons. The third-order valence-electron chi connectivity index (χ3n) is 6.29. The highest BCUT2D eigenvalue weighted by Crippen LogP contribution is 2.26. The molecular weight excluding hydrogens is 474 g/mol. The van der Waals surface area contributed by atoms with Gasteiger partial charge in [-0.2, -0.15) is 0 Å². The third kappa shape index (κ3) is 5.73. The molecule has 5 rings (SSSR count). The molecule has 1 N–H and O–H groups in total. The lowest BCUT2D eigenvalue weighted by Crippen LogP contribution is -2.40. The highest BCUT2D eigenvalue weighted by Gasteiger charge is 2.19. The average Bonchev–Trinajstić information content (AvgIpc) is 3.24. The number of rotatable bonds is 7. The van der Waals surface area contributed by atoms with Gasteiger partial charge in [0, 0.05) is 18.7 Å². The summed E-state index contributed by atoms with van der Waals surface area (Å²) in [6.45, 7) is 4.95. The quantitative estimate of drug-likeness (QED) is 0.417. The van der Waals surface area contributed by atoms with Gasteiger partial charge in [0.25, 0.3) is 5.91 Å². The lowest BCUT2D eigenvalue weighted by molar-refractivity contribution is 0.0303. The fraction of sp³-hybridized carbons (Fsp3) is 0.250. The van der Waals surface area contributed by atoms with Crippen LogP contribution in [0.25, 0.3) is 11.1 Å². The molecule has 0 aliphatic carbocycles. The van der Waals surface area contributed by atoms with E-state index in [1.54, 1.807) is 0 Å². The SMILES string of the molecule is Cc1cc(C(=O)N2CCOCC2)ccc1-c1cccc(COc2ccc(Cn3oc(=O)[nH]c3=O)cc2)c1. The fourth-order valence-electron chi connectivity index (χ4n) is 4.34. The molecule has 0 saturated carbocycles. The van der Waals surface area contributed by atoms with Crippen LogP contribution >= 0.6 is 0 Å². The summed E-state index contributed by atoms with van der Waals surface area (Å²) in [6.07, 6.45) is 0. The van der Waals surface area contributed by atoms with Gasteiger partial charge in [-0.3, -0.25) is 4.79 Å². The van der Waals surface area contributed by atoms with Crippen LogP contribution in [0.15, 0.2) is 80.8 Å². The van der Waals surface area contributed by atoms with Crippen molar-refractivity contribution in [3.8, 4) is 16.9 Å². The van der Waals surface area contributed by atoms with Crippen LogP contribution in [-0.4, -0.2) is 46.8 Å². The molecule has 1 fully saturated rings. The van der Waals surface area contributed by atoms with Gasteiger partial charge < -0.3 is 18.9 Å². The summed E-state index contributed by atoms with van der Waals surface area (Å²) < 4.78 is 17.1. The number of morpholine rings is 1. The largest absolute Gasteiger partial charge is 0.489 e. The maximum atomic E-state index is 12.8. The number of carbonyl (C=O) groups is 1. The van der Waals surface area contributed by atoms with Crippen LogP contribution in [0.5, 0.6) is 5.75 Å². The van der Waals surface area contributed by atoms with Gasteiger partial charge in [-0.15, -0.1) is 4.74 Å². The Morgan fingerprint density at radius 1 is 0.973 bits per heavy atom. The Bertz CT molecular complexity index is 1510. The van der Waals surface area contributed by atoms with E-state index in [0.29, 0.717) is 44.2 Å². The van der Waals surface area contributed by atoms with Crippen molar-refractivity contribution in [2.45, 2.75) is 20.1 Å². The molecule has 0 atom stereocenters. The monoisotopic (exact) mass is 501 g/mol. The molecule has 4 aromatic rings. The second kappa shape index (κ2) is 10.7. The predicted molar refractivity (Wildman–Crippen MR) is 137 cm³/mol. The first-order chi connectivity index (χ1) is 18.0. The van der Waals surface area contributed by atoms with Gasteiger partial charge in [-0.25, -0.2) is 14.6 Å². The first-order valence-corrected chi connectivity index (χ1v) is 12.1. The Morgan fingerprint density at radius 2 is 1.76 bits per heavy atom. The van der Waals surface area contributed by atoms with E-state index in [4.69, 9.17) is 14.0 Å². The van der Waals surface area contributed by atoms with E-state index in [9.17, 15) is 14.4 Å². The van der Waals surface area contributed by atoms with Crippen LogP contribution in [-0.2, 0) is 17.9 Å². The number of H-pyrrole nitrogens is 1. The topological polar surface area (TPSA) is 107 Å². The number of carbonyl (C=O) groups excluding carboxylic acids is 1. The van der Waals surface area contributed by atoms with E-state index >= 15 is 0 Å². The van der Waals surface area contributed by atoms with Gasteiger partial charge in [-0.05, 0) is 65.1 Å². The highest BCUT2D eigenvalue weighted by atomic mass is 16.5. The Balaban J connectivity index is 1.23. The Kier molecular flexibility index (Phi) is 7.04. The Hall–Kier alpha value is -4.37. The molecule has 1 saturated heterocycles. The molecule has 1 aromatic heterocycles. The number of nitrogens with one attached hydrogen (secondary N) is 1. The predicted octanol–water partition coefficient (Wildman–Crippen LogP) is 3.20. The van der Waals surface area contributed by atoms with Gasteiger partial charge in [0.1, 0.15) is 12.4 Å². The molecule has 1 amide bonds. The number of aryl methyl sites for hydroxylation is 1. The van der Waals surface area contributed by atoms with E-state index in [1.807, 2.05) is 72.5 Å². The minimum Gasteiger partial charge on any atom is -0.489 e. The van der Waals surface area contributed by atoms with Crippen LogP contribution in [0.2, 0.25) is 0 Å². The van der Waals surface area contributed by atoms with Crippen LogP contribution in [0.1, 0.15) is 27.0 Å². The van der Waals surface area contributed by atoms with Crippen molar-refractivity contribution in [1.29, 1.82) is 0 Å². The number of hydrogen-bond acceptors (Lipinski definition) is 6. The summed E-state index contributed by atoms with van der Waals surface area (Å²) in [6, 6.07) is 21.2. The standard InChI is InChI=1S/C28H27N3O6/c1-19-15-23(26(32)30-11-13-35-14-12-30)7-10-25(19)22-4-2-3-21(16-22)18-36-24-8-5-20(6-9-24)17-31-27(33)29-28(34)37-31/h2-10,15-16H,11-14,17-18H2,1H3,(H,29,33,34). The molecule has 190 valence electrons. The van der Waals surface area contributed by atoms with Gasteiger partial charge in [0.15, 0.2) is 0 Å². The van der Waals surface area contributed by atoms with E-state index in [1.165, 1.54) is 0 Å². The van der Waals surface area contributed by atoms with Crippen LogP contribution in [0.3, 0.4) is 0 Å². The van der Waals surface area contributed by atoms with E-state index in [2.05, 4.69) is 11.1 Å². The number of nitrogens with zero attached hydrogens (tertiary/aromatic N) is 2. The number of aromatic amines is 1. The number of hydrogen-bond donors (Lipinski definition) is 1. The molecular formula is C28H27N3O6. The zero-order chi connectivity index (χ0) is 25.8.